The van der Waals surface area contributed by atoms with Gasteiger partial charge in [0.2, 0.25) is 0 Å². The van der Waals surface area contributed by atoms with E-state index in [1.54, 1.807) is 6.33 Å². The number of hydrogen-bond donors (Lipinski definition) is 1. The Hall–Kier alpha value is -0.870. The van der Waals surface area contributed by atoms with Crippen LogP contribution in [0.2, 0.25) is 0 Å². The first kappa shape index (κ1) is 8.72. The van der Waals surface area contributed by atoms with Crippen LogP contribution in [0.3, 0.4) is 0 Å². The number of aromatic nitrogens is 2. The van der Waals surface area contributed by atoms with Crippen molar-refractivity contribution >= 4 is 21.4 Å². The van der Waals surface area contributed by atoms with Crippen molar-refractivity contribution in [2.75, 3.05) is 0 Å². The third-order valence-electron chi connectivity index (χ3n) is 1.96. The molecule has 0 aliphatic rings. The van der Waals surface area contributed by atoms with Gasteiger partial charge in [-0.15, -0.1) is 0 Å². The van der Waals surface area contributed by atoms with Crippen LogP contribution in [-0.4, -0.2) is 9.38 Å². The molecule has 68 valence electrons. The van der Waals surface area contributed by atoms with Gasteiger partial charge in [-0.1, -0.05) is 15.9 Å². The first-order chi connectivity index (χ1) is 6.18. The first-order valence-electron chi connectivity index (χ1n) is 4.06. The zero-order valence-electron chi connectivity index (χ0n) is 7.24. The van der Waals surface area contributed by atoms with Gasteiger partial charge < -0.3 is 10.1 Å². The summed E-state index contributed by atoms with van der Waals surface area (Å²) in [5.74, 6) is 0. The molecular weight excluding hydrogens is 230 g/mol. The minimum Gasteiger partial charge on any atom is -0.323 e. The summed E-state index contributed by atoms with van der Waals surface area (Å²) in [6.45, 7) is 1.93. The van der Waals surface area contributed by atoms with Gasteiger partial charge in [0.15, 0.2) is 0 Å². The average Bonchev–Trinajstić information content (AvgIpc) is 2.46. The molecule has 0 saturated heterocycles. The van der Waals surface area contributed by atoms with Crippen LogP contribution in [0.1, 0.15) is 18.7 Å². The highest BCUT2D eigenvalue weighted by Gasteiger charge is 2.07. The fraction of sp³-hybridized carbons (Fsp3) is 0.222. The molecular formula is C9H10BrN3. The number of nitrogens with two attached hydrogens (primary N) is 1. The maximum atomic E-state index is 5.78. The fourth-order valence-electron chi connectivity index (χ4n) is 1.33. The van der Waals surface area contributed by atoms with Crippen molar-refractivity contribution in [3.05, 3.63) is 34.8 Å². The van der Waals surface area contributed by atoms with Crippen molar-refractivity contribution in [2.45, 2.75) is 13.0 Å². The van der Waals surface area contributed by atoms with Crippen molar-refractivity contribution in [3.63, 3.8) is 0 Å². The van der Waals surface area contributed by atoms with E-state index in [4.69, 9.17) is 5.73 Å². The van der Waals surface area contributed by atoms with E-state index in [9.17, 15) is 0 Å². The minimum atomic E-state index is -0.0284. The molecule has 2 rings (SSSR count). The van der Waals surface area contributed by atoms with Crippen LogP contribution in [0.4, 0.5) is 0 Å². The predicted octanol–water partition coefficient (Wildman–Crippen LogP) is 2.12. The van der Waals surface area contributed by atoms with Crippen molar-refractivity contribution < 1.29 is 0 Å². The van der Waals surface area contributed by atoms with E-state index in [-0.39, 0.29) is 6.04 Å². The molecule has 0 aromatic carbocycles. The second kappa shape index (κ2) is 3.12. The fourth-order valence-corrected chi connectivity index (χ4v) is 1.67. The summed E-state index contributed by atoms with van der Waals surface area (Å²) >= 11 is 3.42. The van der Waals surface area contributed by atoms with Crippen molar-refractivity contribution in [3.8, 4) is 0 Å². The van der Waals surface area contributed by atoms with E-state index in [1.165, 1.54) is 0 Å². The Morgan fingerprint density at radius 3 is 3.08 bits per heavy atom. The van der Waals surface area contributed by atoms with Gasteiger partial charge in [0.05, 0.1) is 17.5 Å². The van der Waals surface area contributed by atoms with Crippen molar-refractivity contribution in [2.24, 2.45) is 5.73 Å². The largest absolute Gasteiger partial charge is 0.323 e. The maximum Gasteiger partial charge on any atom is 0.0996 e. The number of fused-ring (bicyclic) bond motifs is 1. The molecule has 1 atom stereocenters. The number of pyridine rings is 1. The molecule has 0 spiro atoms. The summed E-state index contributed by atoms with van der Waals surface area (Å²) in [5, 5.41) is 0. The van der Waals surface area contributed by atoms with Crippen LogP contribution >= 0.6 is 15.9 Å². The van der Waals surface area contributed by atoms with E-state index >= 15 is 0 Å². The zero-order chi connectivity index (χ0) is 9.42. The second-order valence-electron chi connectivity index (χ2n) is 3.06. The van der Waals surface area contributed by atoms with Gasteiger partial charge in [-0.3, -0.25) is 0 Å². The maximum absolute atomic E-state index is 5.78. The van der Waals surface area contributed by atoms with Gasteiger partial charge in [0.1, 0.15) is 0 Å². The van der Waals surface area contributed by atoms with Crippen molar-refractivity contribution in [1.82, 2.24) is 9.38 Å². The molecule has 1 unspecified atom stereocenters. The molecule has 0 aliphatic carbocycles. The third-order valence-corrected chi connectivity index (χ3v) is 2.46. The van der Waals surface area contributed by atoms with Gasteiger partial charge >= 0.3 is 0 Å². The molecule has 0 aliphatic heterocycles. The monoisotopic (exact) mass is 239 g/mol. The number of hydrogen-bond acceptors (Lipinski definition) is 2. The van der Waals surface area contributed by atoms with Gasteiger partial charge in [-0.05, 0) is 19.1 Å². The van der Waals surface area contributed by atoms with E-state index in [0.717, 1.165) is 15.7 Å². The van der Waals surface area contributed by atoms with E-state index < -0.39 is 0 Å². The SMILES string of the molecule is CC(N)c1ncn2ccc(Br)cc12. The lowest BCUT2D eigenvalue weighted by molar-refractivity contribution is 0.796. The summed E-state index contributed by atoms with van der Waals surface area (Å²) in [5.41, 5.74) is 7.77. The Kier molecular flexibility index (Phi) is 2.09. The molecule has 13 heavy (non-hydrogen) atoms. The van der Waals surface area contributed by atoms with Gasteiger partial charge in [-0.2, -0.15) is 0 Å². The lowest BCUT2D eigenvalue weighted by atomic mass is 10.2. The van der Waals surface area contributed by atoms with Crippen LogP contribution in [0.5, 0.6) is 0 Å². The molecule has 0 radical (unpaired) electrons. The van der Waals surface area contributed by atoms with E-state index in [2.05, 4.69) is 20.9 Å². The second-order valence-corrected chi connectivity index (χ2v) is 3.97. The van der Waals surface area contributed by atoms with Crippen LogP contribution in [0, 0.1) is 0 Å². The molecule has 0 amide bonds. The Labute approximate surface area is 84.7 Å². The predicted molar refractivity (Wildman–Crippen MR) is 55.5 cm³/mol. The Balaban J connectivity index is 2.71. The lowest BCUT2D eigenvalue weighted by Gasteiger charge is -2.01. The summed E-state index contributed by atoms with van der Waals surface area (Å²) in [7, 11) is 0. The molecule has 3 nitrogen and oxygen atoms in total. The molecule has 2 aromatic rings. The molecule has 0 fully saturated rings. The highest BCUT2D eigenvalue weighted by atomic mass is 79.9. The standard InChI is InChI=1S/C9H10BrN3/c1-6(11)9-8-4-7(10)2-3-13(8)5-12-9/h2-6H,11H2,1H3. The zero-order valence-corrected chi connectivity index (χ0v) is 8.82. The Morgan fingerprint density at radius 1 is 1.62 bits per heavy atom. The Bertz CT molecular complexity index is 433. The molecule has 2 aromatic heterocycles. The summed E-state index contributed by atoms with van der Waals surface area (Å²) in [4.78, 5) is 4.25. The van der Waals surface area contributed by atoms with E-state index in [1.807, 2.05) is 29.7 Å². The normalized spacial score (nSPS) is 13.5. The Morgan fingerprint density at radius 2 is 2.38 bits per heavy atom. The number of halogens is 1. The number of imidazole rings is 1. The average molecular weight is 240 g/mol. The highest BCUT2D eigenvalue weighted by Crippen LogP contribution is 2.19. The van der Waals surface area contributed by atoms with Gasteiger partial charge in [0.25, 0.3) is 0 Å². The number of nitrogens with zero attached hydrogens (tertiary/aromatic N) is 2. The smallest absolute Gasteiger partial charge is 0.0996 e. The quantitative estimate of drug-likeness (QED) is 0.829. The highest BCUT2D eigenvalue weighted by molar-refractivity contribution is 9.10. The first-order valence-corrected chi connectivity index (χ1v) is 4.85. The van der Waals surface area contributed by atoms with Crippen LogP contribution in [0.25, 0.3) is 5.52 Å². The summed E-state index contributed by atoms with van der Waals surface area (Å²) < 4.78 is 3.01. The van der Waals surface area contributed by atoms with E-state index in [0.29, 0.717) is 0 Å². The molecule has 2 heterocycles. The van der Waals surface area contributed by atoms with Gasteiger partial charge in [0, 0.05) is 16.7 Å². The third kappa shape index (κ3) is 1.47. The molecule has 0 saturated carbocycles. The van der Waals surface area contributed by atoms with Crippen LogP contribution in [-0.2, 0) is 0 Å². The summed E-state index contributed by atoms with van der Waals surface area (Å²) in [6, 6.07) is 3.96. The minimum absolute atomic E-state index is 0.0284. The molecule has 0 bridgehead atoms. The molecule has 4 heteroatoms. The van der Waals surface area contributed by atoms with Crippen molar-refractivity contribution in [1.29, 1.82) is 0 Å². The summed E-state index contributed by atoms with van der Waals surface area (Å²) in [6.07, 6.45) is 3.73. The van der Waals surface area contributed by atoms with Gasteiger partial charge in [-0.25, -0.2) is 4.98 Å². The number of rotatable bonds is 1. The topological polar surface area (TPSA) is 43.3 Å². The van der Waals surface area contributed by atoms with Crippen LogP contribution < -0.4 is 5.73 Å². The lowest BCUT2D eigenvalue weighted by Crippen LogP contribution is -2.05. The van der Waals surface area contributed by atoms with Crippen LogP contribution in [0.15, 0.2) is 29.1 Å². The molecule has 2 N–H and O–H groups in total.